The number of ether oxygens (including phenoxy) is 1. The summed E-state index contributed by atoms with van der Waals surface area (Å²) in [6.07, 6.45) is 1.93. The van der Waals surface area contributed by atoms with Gasteiger partial charge in [-0.2, -0.15) is 0 Å². The lowest BCUT2D eigenvalue weighted by Gasteiger charge is -2.34. The predicted octanol–water partition coefficient (Wildman–Crippen LogP) is -0.660. The van der Waals surface area contributed by atoms with E-state index >= 15 is 0 Å². The topological polar surface area (TPSA) is 93.5 Å². The van der Waals surface area contributed by atoms with Crippen molar-refractivity contribution < 1.29 is 14.3 Å². The number of hydrogen-bond donors (Lipinski definition) is 3. The Morgan fingerprint density at radius 3 is 2.80 bits per heavy atom. The van der Waals surface area contributed by atoms with Crippen LogP contribution in [0.1, 0.15) is 19.8 Å². The fourth-order valence-electron chi connectivity index (χ4n) is 1.55. The number of amides is 3. The second kappa shape index (κ2) is 5.09. The van der Waals surface area contributed by atoms with Crippen LogP contribution >= 0.6 is 0 Å². The Balaban J connectivity index is 2.28. The normalized spacial score (nSPS) is 25.9. The number of carbonyl (C=O) groups excluding carboxylic acids is 2. The molecule has 1 atom stereocenters. The van der Waals surface area contributed by atoms with Crippen molar-refractivity contribution in [2.24, 2.45) is 5.73 Å². The number of primary amides is 1. The van der Waals surface area contributed by atoms with Crippen LogP contribution in [0.15, 0.2) is 0 Å². The van der Waals surface area contributed by atoms with Gasteiger partial charge in [0.2, 0.25) is 5.91 Å². The monoisotopic (exact) mass is 215 g/mol. The molecule has 1 rings (SSSR count). The average Bonchev–Trinajstić information content (AvgIpc) is 2.15. The van der Waals surface area contributed by atoms with E-state index in [0.717, 1.165) is 19.4 Å². The van der Waals surface area contributed by atoms with Gasteiger partial charge < -0.3 is 15.8 Å². The molecule has 15 heavy (non-hydrogen) atoms. The molecule has 6 heteroatoms. The summed E-state index contributed by atoms with van der Waals surface area (Å²) in [6.45, 7) is 3.41. The quantitative estimate of drug-likeness (QED) is 0.582. The van der Waals surface area contributed by atoms with Gasteiger partial charge >= 0.3 is 6.03 Å². The minimum absolute atomic E-state index is 0.0722. The third kappa shape index (κ3) is 4.26. The minimum atomic E-state index is -0.827. The molecule has 0 saturated carbocycles. The Morgan fingerprint density at radius 1 is 1.53 bits per heavy atom. The van der Waals surface area contributed by atoms with Gasteiger partial charge in [0.25, 0.3) is 0 Å². The smallest absolute Gasteiger partial charge is 0.318 e. The fourth-order valence-corrected chi connectivity index (χ4v) is 1.55. The molecular weight excluding hydrogens is 198 g/mol. The second-order valence-electron chi connectivity index (χ2n) is 3.98. The van der Waals surface area contributed by atoms with Crippen LogP contribution in [0.5, 0.6) is 0 Å². The molecule has 0 aromatic carbocycles. The molecule has 4 N–H and O–H groups in total. The standard InChI is InChI=1S/C9H17N3O3/c1-9(3-2-4-15-6-9)11-5-7(13)12-8(10)14/h11H,2-6H2,1H3,(H3,10,12,13,14). The van der Waals surface area contributed by atoms with Gasteiger partial charge in [-0.25, -0.2) is 4.79 Å². The summed E-state index contributed by atoms with van der Waals surface area (Å²) >= 11 is 0. The molecule has 1 aliphatic heterocycles. The van der Waals surface area contributed by atoms with Crippen molar-refractivity contribution in [3.05, 3.63) is 0 Å². The molecule has 86 valence electrons. The molecule has 0 radical (unpaired) electrons. The first kappa shape index (κ1) is 11.9. The average molecular weight is 215 g/mol. The van der Waals surface area contributed by atoms with Gasteiger partial charge in [-0.3, -0.25) is 10.1 Å². The van der Waals surface area contributed by atoms with Crippen molar-refractivity contribution >= 4 is 11.9 Å². The zero-order valence-corrected chi connectivity index (χ0v) is 8.84. The highest BCUT2D eigenvalue weighted by Gasteiger charge is 2.27. The lowest BCUT2D eigenvalue weighted by Crippen LogP contribution is -2.53. The van der Waals surface area contributed by atoms with E-state index in [1.54, 1.807) is 0 Å². The van der Waals surface area contributed by atoms with Crippen molar-refractivity contribution in [1.29, 1.82) is 0 Å². The molecule has 0 aromatic rings. The van der Waals surface area contributed by atoms with Crippen molar-refractivity contribution in [3.8, 4) is 0 Å². The number of rotatable bonds is 3. The molecule has 0 aliphatic carbocycles. The van der Waals surface area contributed by atoms with Gasteiger partial charge in [-0.05, 0) is 19.8 Å². The van der Waals surface area contributed by atoms with E-state index in [-0.39, 0.29) is 12.1 Å². The SMILES string of the molecule is CC1(NCC(=O)NC(N)=O)CCCOC1. The molecule has 1 saturated heterocycles. The second-order valence-corrected chi connectivity index (χ2v) is 3.98. The summed E-state index contributed by atoms with van der Waals surface area (Å²) in [5, 5.41) is 5.05. The molecule has 0 bridgehead atoms. The Bertz CT molecular complexity index is 249. The first-order chi connectivity index (χ1) is 7.02. The van der Waals surface area contributed by atoms with E-state index in [4.69, 9.17) is 10.5 Å². The van der Waals surface area contributed by atoms with E-state index < -0.39 is 11.9 Å². The molecule has 0 aromatic heterocycles. The summed E-state index contributed by atoms with van der Waals surface area (Å²) in [4.78, 5) is 21.5. The van der Waals surface area contributed by atoms with Crippen LogP contribution in [-0.2, 0) is 9.53 Å². The van der Waals surface area contributed by atoms with E-state index in [0.29, 0.717) is 6.61 Å². The molecular formula is C9H17N3O3. The fraction of sp³-hybridized carbons (Fsp3) is 0.778. The third-order valence-electron chi connectivity index (χ3n) is 2.38. The van der Waals surface area contributed by atoms with Crippen molar-refractivity contribution in [2.75, 3.05) is 19.8 Å². The van der Waals surface area contributed by atoms with E-state index in [2.05, 4.69) is 5.32 Å². The van der Waals surface area contributed by atoms with Gasteiger partial charge in [0, 0.05) is 12.1 Å². The summed E-state index contributed by atoms with van der Waals surface area (Å²) in [7, 11) is 0. The molecule has 6 nitrogen and oxygen atoms in total. The van der Waals surface area contributed by atoms with Crippen molar-refractivity contribution in [3.63, 3.8) is 0 Å². The number of carbonyl (C=O) groups is 2. The molecule has 1 aliphatic rings. The maximum absolute atomic E-state index is 11.1. The first-order valence-corrected chi connectivity index (χ1v) is 4.94. The Hall–Kier alpha value is -1.14. The number of nitrogens with two attached hydrogens (primary N) is 1. The van der Waals surface area contributed by atoms with E-state index in [9.17, 15) is 9.59 Å². The molecule has 1 heterocycles. The number of urea groups is 1. The molecule has 1 fully saturated rings. The van der Waals surface area contributed by atoms with Gasteiger partial charge in [0.05, 0.1) is 13.2 Å². The molecule has 3 amide bonds. The first-order valence-electron chi connectivity index (χ1n) is 4.94. The number of hydrogen-bond acceptors (Lipinski definition) is 4. The van der Waals surface area contributed by atoms with E-state index in [1.807, 2.05) is 12.2 Å². The summed E-state index contributed by atoms with van der Waals surface area (Å²) in [5.74, 6) is -0.422. The van der Waals surface area contributed by atoms with Crippen LogP contribution in [0, 0.1) is 0 Å². The molecule has 1 unspecified atom stereocenters. The zero-order valence-electron chi connectivity index (χ0n) is 8.84. The van der Waals surface area contributed by atoms with Crippen LogP contribution in [-0.4, -0.2) is 37.2 Å². The van der Waals surface area contributed by atoms with Gasteiger partial charge in [-0.1, -0.05) is 0 Å². The zero-order chi connectivity index (χ0) is 11.3. The van der Waals surface area contributed by atoms with Crippen LogP contribution in [0.25, 0.3) is 0 Å². The lowest BCUT2D eigenvalue weighted by molar-refractivity contribution is -0.119. The van der Waals surface area contributed by atoms with Crippen LogP contribution in [0.4, 0.5) is 4.79 Å². The summed E-state index contributed by atoms with van der Waals surface area (Å²) in [6, 6.07) is -0.827. The number of imide groups is 1. The minimum Gasteiger partial charge on any atom is -0.380 e. The number of nitrogens with one attached hydrogen (secondary N) is 2. The summed E-state index contributed by atoms with van der Waals surface area (Å²) < 4.78 is 5.31. The van der Waals surface area contributed by atoms with Crippen LogP contribution in [0.2, 0.25) is 0 Å². The highest BCUT2D eigenvalue weighted by molar-refractivity contribution is 5.94. The van der Waals surface area contributed by atoms with Crippen LogP contribution in [0.3, 0.4) is 0 Å². The van der Waals surface area contributed by atoms with Crippen molar-refractivity contribution in [1.82, 2.24) is 10.6 Å². The maximum Gasteiger partial charge on any atom is 0.318 e. The van der Waals surface area contributed by atoms with Gasteiger partial charge in [0.1, 0.15) is 0 Å². The van der Waals surface area contributed by atoms with Gasteiger partial charge in [0.15, 0.2) is 0 Å². The van der Waals surface area contributed by atoms with Crippen molar-refractivity contribution in [2.45, 2.75) is 25.3 Å². The third-order valence-corrected chi connectivity index (χ3v) is 2.38. The van der Waals surface area contributed by atoms with E-state index in [1.165, 1.54) is 0 Å². The highest BCUT2D eigenvalue weighted by Crippen LogP contribution is 2.17. The maximum atomic E-state index is 11.1. The Morgan fingerprint density at radius 2 is 2.27 bits per heavy atom. The largest absolute Gasteiger partial charge is 0.380 e. The Labute approximate surface area is 88.5 Å². The Kier molecular flexibility index (Phi) is 4.05. The van der Waals surface area contributed by atoms with Gasteiger partial charge in [-0.15, -0.1) is 0 Å². The lowest BCUT2D eigenvalue weighted by atomic mass is 9.95. The predicted molar refractivity (Wildman–Crippen MR) is 54.2 cm³/mol. The molecule has 0 spiro atoms. The summed E-state index contributed by atoms with van der Waals surface area (Å²) in [5.41, 5.74) is 4.62. The highest BCUT2D eigenvalue weighted by atomic mass is 16.5. The van der Waals surface area contributed by atoms with Crippen LogP contribution < -0.4 is 16.4 Å².